The molecule has 0 fully saturated rings. The van der Waals surface area contributed by atoms with Gasteiger partial charge in [-0.3, -0.25) is 0 Å². The third-order valence-electron chi connectivity index (χ3n) is 4.20. The molecule has 2 N–H and O–H groups in total. The molecule has 1 aliphatic rings. The van der Waals surface area contributed by atoms with Gasteiger partial charge in [-0.2, -0.15) is 0 Å². The van der Waals surface area contributed by atoms with Gasteiger partial charge in [-0.1, -0.05) is 12.1 Å². The Balaban J connectivity index is 1.87. The molecule has 0 saturated heterocycles. The Morgan fingerprint density at radius 1 is 1.14 bits per heavy atom. The summed E-state index contributed by atoms with van der Waals surface area (Å²) >= 11 is 0. The molecule has 0 amide bonds. The van der Waals surface area contributed by atoms with Gasteiger partial charge in [0.25, 0.3) is 0 Å². The van der Waals surface area contributed by atoms with Crippen LogP contribution in [-0.2, 0) is 12.8 Å². The zero-order valence-electron chi connectivity index (χ0n) is 12.9. The third kappa shape index (κ3) is 2.88. The summed E-state index contributed by atoms with van der Waals surface area (Å²) in [5, 5.41) is 13.5. The van der Waals surface area contributed by atoms with Crippen molar-refractivity contribution in [1.29, 1.82) is 0 Å². The molecule has 1 aliphatic heterocycles. The van der Waals surface area contributed by atoms with E-state index >= 15 is 0 Å². The minimum atomic E-state index is 0.214. The molecule has 0 bridgehead atoms. The second-order valence-corrected chi connectivity index (χ2v) is 5.53. The van der Waals surface area contributed by atoms with E-state index in [0.717, 1.165) is 25.1 Å². The molecule has 1 heterocycles. The summed E-state index contributed by atoms with van der Waals surface area (Å²) in [5.41, 5.74) is 3.64. The lowest BCUT2D eigenvalue weighted by molar-refractivity contribution is 0.370. The van der Waals surface area contributed by atoms with Gasteiger partial charge >= 0.3 is 0 Å². The van der Waals surface area contributed by atoms with Crippen molar-refractivity contribution in [3.63, 3.8) is 0 Å². The molecule has 0 saturated carbocycles. The predicted molar refractivity (Wildman–Crippen MR) is 85.8 cm³/mol. The number of benzene rings is 2. The molecule has 4 heteroatoms. The minimum absolute atomic E-state index is 0.214. The van der Waals surface area contributed by atoms with Gasteiger partial charge in [0.2, 0.25) is 0 Å². The van der Waals surface area contributed by atoms with Crippen molar-refractivity contribution in [2.75, 3.05) is 20.8 Å². The van der Waals surface area contributed by atoms with Gasteiger partial charge in [0.05, 0.1) is 14.2 Å². The SMILES string of the molecule is COc1ccc(C[C@H]2NCCc3cc(O)c(OC)cc32)cc1. The van der Waals surface area contributed by atoms with Crippen LogP contribution in [0.2, 0.25) is 0 Å². The molecule has 116 valence electrons. The highest BCUT2D eigenvalue weighted by molar-refractivity contribution is 5.49. The number of aromatic hydroxyl groups is 1. The molecule has 1 atom stereocenters. The van der Waals surface area contributed by atoms with Crippen LogP contribution >= 0.6 is 0 Å². The van der Waals surface area contributed by atoms with Crippen molar-refractivity contribution in [3.05, 3.63) is 53.1 Å². The first kappa shape index (κ1) is 14.7. The topological polar surface area (TPSA) is 50.7 Å². The van der Waals surface area contributed by atoms with E-state index in [4.69, 9.17) is 9.47 Å². The van der Waals surface area contributed by atoms with Crippen LogP contribution in [0.25, 0.3) is 0 Å². The lowest BCUT2D eigenvalue weighted by Crippen LogP contribution is -2.31. The van der Waals surface area contributed by atoms with Crippen LogP contribution < -0.4 is 14.8 Å². The molecule has 0 unspecified atom stereocenters. The first-order valence-corrected chi connectivity index (χ1v) is 7.47. The lowest BCUT2D eigenvalue weighted by atomic mass is 9.90. The number of phenols is 1. The summed E-state index contributed by atoms with van der Waals surface area (Å²) in [5.74, 6) is 1.61. The van der Waals surface area contributed by atoms with Gasteiger partial charge < -0.3 is 19.9 Å². The van der Waals surface area contributed by atoms with Crippen molar-refractivity contribution in [3.8, 4) is 17.2 Å². The van der Waals surface area contributed by atoms with Crippen molar-refractivity contribution < 1.29 is 14.6 Å². The third-order valence-corrected chi connectivity index (χ3v) is 4.20. The van der Waals surface area contributed by atoms with E-state index in [9.17, 15) is 5.11 Å². The van der Waals surface area contributed by atoms with E-state index in [1.54, 1.807) is 14.2 Å². The smallest absolute Gasteiger partial charge is 0.160 e. The van der Waals surface area contributed by atoms with E-state index in [2.05, 4.69) is 17.4 Å². The number of rotatable bonds is 4. The fourth-order valence-electron chi connectivity index (χ4n) is 3.00. The number of methoxy groups -OCH3 is 2. The first-order chi connectivity index (χ1) is 10.7. The Kier molecular flexibility index (Phi) is 4.20. The molecule has 2 aromatic rings. The largest absolute Gasteiger partial charge is 0.504 e. The van der Waals surface area contributed by atoms with Crippen LogP contribution in [0.4, 0.5) is 0 Å². The average molecular weight is 299 g/mol. The number of fused-ring (bicyclic) bond motifs is 1. The fourth-order valence-corrected chi connectivity index (χ4v) is 3.00. The highest BCUT2D eigenvalue weighted by atomic mass is 16.5. The molecular formula is C18H21NO3. The summed E-state index contributed by atoms with van der Waals surface area (Å²) in [6.45, 7) is 0.916. The fraction of sp³-hybridized carbons (Fsp3) is 0.333. The molecule has 0 aliphatic carbocycles. The van der Waals surface area contributed by atoms with Gasteiger partial charge in [-0.05, 0) is 60.3 Å². The Bertz CT molecular complexity index is 652. The van der Waals surface area contributed by atoms with Crippen molar-refractivity contribution in [2.24, 2.45) is 0 Å². The second-order valence-electron chi connectivity index (χ2n) is 5.53. The molecule has 0 spiro atoms. The normalized spacial score (nSPS) is 16.9. The van der Waals surface area contributed by atoms with Crippen LogP contribution in [0.5, 0.6) is 17.2 Å². The maximum atomic E-state index is 9.94. The van der Waals surface area contributed by atoms with E-state index in [1.165, 1.54) is 16.7 Å². The van der Waals surface area contributed by atoms with E-state index < -0.39 is 0 Å². The van der Waals surface area contributed by atoms with E-state index in [-0.39, 0.29) is 11.8 Å². The van der Waals surface area contributed by atoms with E-state index in [0.29, 0.717) is 5.75 Å². The molecule has 22 heavy (non-hydrogen) atoms. The molecule has 4 nitrogen and oxygen atoms in total. The minimum Gasteiger partial charge on any atom is -0.504 e. The molecule has 3 rings (SSSR count). The Labute approximate surface area is 130 Å². The maximum Gasteiger partial charge on any atom is 0.160 e. The first-order valence-electron chi connectivity index (χ1n) is 7.47. The predicted octanol–water partition coefficient (Wildman–Crippen LogP) is 2.84. The number of hydrogen-bond acceptors (Lipinski definition) is 4. The molecule has 2 aromatic carbocycles. The Morgan fingerprint density at radius 2 is 1.91 bits per heavy atom. The molecule has 0 aromatic heterocycles. The number of ether oxygens (including phenoxy) is 2. The van der Waals surface area contributed by atoms with Crippen molar-refractivity contribution >= 4 is 0 Å². The second kappa shape index (κ2) is 6.28. The maximum absolute atomic E-state index is 9.94. The monoisotopic (exact) mass is 299 g/mol. The summed E-state index contributed by atoms with van der Waals surface area (Å²) in [6.07, 6.45) is 1.82. The molecular weight excluding hydrogens is 278 g/mol. The Morgan fingerprint density at radius 3 is 2.59 bits per heavy atom. The van der Waals surface area contributed by atoms with Gasteiger partial charge in [-0.15, -0.1) is 0 Å². The summed E-state index contributed by atoms with van der Waals surface area (Å²) in [6, 6.07) is 12.2. The average Bonchev–Trinajstić information content (AvgIpc) is 2.55. The van der Waals surface area contributed by atoms with Gasteiger partial charge in [0, 0.05) is 6.04 Å². The Hall–Kier alpha value is -2.20. The van der Waals surface area contributed by atoms with Gasteiger partial charge in [-0.25, -0.2) is 0 Å². The highest BCUT2D eigenvalue weighted by Gasteiger charge is 2.22. The number of nitrogens with one attached hydrogen (secondary N) is 1. The van der Waals surface area contributed by atoms with Crippen LogP contribution in [0, 0.1) is 0 Å². The van der Waals surface area contributed by atoms with Crippen LogP contribution in [0.3, 0.4) is 0 Å². The lowest BCUT2D eigenvalue weighted by Gasteiger charge is -2.28. The van der Waals surface area contributed by atoms with Crippen LogP contribution in [-0.4, -0.2) is 25.9 Å². The standard InChI is InChI=1S/C18H21NO3/c1-21-14-5-3-12(4-6-14)9-16-15-11-18(22-2)17(20)10-13(15)7-8-19-16/h3-6,10-11,16,19-20H,7-9H2,1-2H3/t16-/m1/s1. The zero-order valence-corrected chi connectivity index (χ0v) is 12.9. The molecule has 0 radical (unpaired) electrons. The van der Waals surface area contributed by atoms with Crippen LogP contribution in [0.15, 0.2) is 36.4 Å². The quantitative estimate of drug-likeness (QED) is 0.911. The van der Waals surface area contributed by atoms with Crippen LogP contribution in [0.1, 0.15) is 22.7 Å². The number of phenolic OH excluding ortho intramolecular Hbond substituents is 1. The summed E-state index contributed by atoms with van der Waals surface area (Å²) in [4.78, 5) is 0. The van der Waals surface area contributed by atoms with Gasteiger partial charge in [0.15, 0.2) is 11.5 Å². The van der Waals surface area contributed by atoms with Crippen molar-refractivity contribution in [2.45, 2.75) is 18.9 Å². The summed E-state index contributed by atoms with van der Waals surface area (Å²) < 4.78 is 10.4. The zero-order chi connectivity index (χ0) is 15.5. The van der Waals surface area contributed by atoms with Gasteiger partial charge in [0.1, 0.15) is 5.75 Å². The van der Waals surface area contributed by atoms with E-state index in [1.807, 2.05) is 24.3 Å². The summed E-state index contributed by atoms with van der Waals surface area (Å²) in [7, 11) is 3.25. The highest BCUT2D eigenvalue weighted by Crippen LogP contribution is 2.35. The number of hydrogen-bond donors (Lipinski definition) is 2. The van der Waals surface area contributed by atoms with Crippen molar-refractivity contribution in [1.82, 2.24) is 5.32 Å².